The van der Waals surface area contributed by atoms with E-state index < -0.39 is 15.8 Å². The fraction of sp³-hybridized carbons (Fsp3) is 0.500. The van der Waals surface area contributed by atoms with Gasteiger partial charge in [-0.2, -0.15) is 0 Å². The summed E-state index contributed by atoms with van der Waals surface area (Å²) in [5.41, 5.74) is 1.44. The molecule has 0 unspecified atom stereocenters. The highest BCUT2D eigenvalue weighted by Crippen LogP contribution is 2.17. The maximum Gasteiger partial charge on any atom is 0.419 e. The van der Waals surface area contributed by atoms with Crippen LogP contribution in [-0.4, -0.2) is 60.0 Å². The molecule has 1 amide bonds. The van der Waals surface area contributed by atoms with Gasteiger partial charge in [0, 0.05) is 38.8 Å². The van der Waals surface area contributed by atoms with E-state index in [0.29, 0.717) is 49.3 Å². The molecule has 1 fully saturated rings. The maximum absolute atomic E-state index is 12.8. The number of hydrogen-bond donors (Lipinski definition) is 0. The summed E-state index contributed by atoms with van der Waals surface area (Å²) in [5, 5.41) is 0. The largest absolute Gasteiger partial charge is 0.419 e. The molecule has 0 N–H and O–H groups in total. The number of oxazole rings is 1. The van der Waals surface area contributed by atoms with E-state index >= 15 is 0 Å². The van der Waals surface area contributed by atoms with E-state index in [4.69, 9.17) is 4.42 Å². The molecule has 1 aromatic heterocycles. The van der Waals surface area contributed by atoms with Crippen molar-refractivity contribution in [1.82, 2.24) is 13.8 Å². The average Bonchev–Trinajstić information content (AvgIpc) is 2.79. The first-order valence-electron chi connectivity index (χ1n) is 8.20. The van der Waals surface area contributed by atoms with Gasteiger partial charge in [0.25, 0.3) is 5.91 Å². The standard InChI is InChI=1S/C16H21N3O5S/c1-3-25(22,23)19-8-4-7-18(9-10-19)15(20)12-5-6-14-13(11-12)17(2)16(21)24-14/h5-6,11H,3-4,7-10H2,1-2H3. The Bertz CT molecular complexity index is 960. The second-order valence-electron chi connectivity index (χ2n) is 6.05. The van der Waals surface area contributed by atoms with Crippen LogP contribution in [0.3, 0.4) is 0 Å². The number of nitrogens with zero attached hydrogens (tertiary/aromatic N) is 3. The van der Waals surface area contributed by atoms with E-state index in [0.717, 1.165) is 0 Å². The molecule has 25 heavy (non-hydrogen) atoms. The number of aryl methyl sites for hydroxylation is 1. The Labute approximate surface area is 145 Å². The van der Waals surface area contributed by atoms with Crippen LogP contribution in [0.2, 0.25) is 0 Å². The number of amides is 1. The Kier molecular flexibility index (Phi) is 4.70. The van der Waals surface area contributed by atoms with Gasteiger partial charge in [-0.25, -0.2) is 17.5 Å². The Morgan fingerprint density at radius 3 is 2.68 bits per heavy atom. The van der Waals surface area contributed by atoms with Gasteiger partial charge in [-0.15, -0.1) is 0 Å². The van der Waals surface area contributed by atoms with Crippen molar-refractivity contribution in [3.8, 4) is 0 Å². The van der Waals surface area contributed by atoms with Crippen LogP contribution in [0, 0.1) is 0 Å². The van der Waals surface area contributed by atoms with Gasteiger partial charge in [0.1, 0.15) is 0 Å². The number of fused-ring (bicyclic) bond motifs is 1. The van der Waals surface area contributed by atoms with E-state index in [1.807, 2.05) is 0 Å². The molecule has 9 heteroatoms. The highest BCUT2D eigenvalue weighted by atomic mass is 32.2. The molecule has 0 spiro atoms. The van der Waals surface area contributed by atoms with Crippen molar-refractivity contribution >= 4 is 27.0 Å². The number of aromatic nitrogens is 1. The van der Waals surface area contributed by atoms with Crippen LogP contribution >= 0.6 is 0 Å². The SMILES string of the molecule is CCS(=O)(=O)N1CCCN(C(=O)c2ccc3oc(=O)n(C)c3c2)CC1. The number of carbonyl (C=O) groups excluding carboxylic acids is 1. The molecule has 0 bridgehead atoms. The zero-order chi connectivity index (χ0) is 18.2. The van der Waals surface area contributed by atoms with Crippen LogP contribution in [0.1, 0.15) is 23.7 Å². The summed E-state index contributed by atoms with van der Waals surface area (Å²) in [4.78, 5) is 26.0. The summed E-state index contributed by atoms with van der Waals surface area (Å²) in [7, 11) is -1.66. The van der Waals surface area contributed by atoms with Gasteiger partial charge >= 0.3 is 5.76 Å². The average molecular weight is 367 g/mol. The van der Waals surface area contributed by atoms with Crippen molar-refractivity contribution in [2.45, 2.75) is 13.3 Å². The lowest BCUT2D eigenvalue weighted by Crippen LogP contribution is -2.37. The van der Waals surface area contributed by atoms with Crippen molar-refractivity contribution in [2.24, 2.45) is 7.05 Å². The maximum atomic E-state index is 12.8. The lowest BCUT2D eigenvalue weighted by atomic mass is 10.1. The van der Waals surface area contributed by atoms with Crippen molar-refractivity contribution in [2.75, 3.05) is 31.9 Å². The molecular weight excluding hydrogens is 346 g/mol. The molecule has 3 rings (SSSR count). The molecule has 8 nitrogen and oxygen atoms in total. The third-order valence-electron chi connectivity index (χ3n) is 4.54. The first kappa shape index (κ1) is 17.7. The summed E-state index contributed by atoms with van der Waals surface area (Å²) in [6.45, 7) is 3.19. The van der Waals surface area contributed by atoms with Gasteiger partial charge in [-0.3, -0.25) is 9.36 Å². The Morgan fingerprint density at radius 1 is 1.20 bits per heavy atom. The summed E-state index contributed by atoms with van der Waals surface area (Å²) in [5.74, 6) is -0.590. The van der Waals surface area contributed by atoms with Crippen LogP contribution in [0.15, 0.2) is 27.4 Å². The van der Waals surface area contributed by atoms with Gasteiger partial charge < -0.3 is 9.32 Å². The van der Waals surface area contributed by atoms with E-state index in [1.165, 1.54) is 8.87 Å². The molecule has 1 aromatic carbocycles. The summed E-state index contributed by atoms with van der Waals surface area (Å²) in [6.07, 6.45) is 0.595. The number of rotatable bonds is 3. The minimum absolute atomic E-state index is 0.0616. The minimum atomic E-state index is -3.25. The highest BCUT2D eigenvalue weighted by molar-refractivity contribution is 7.89. The van der Waals surface area contributed by atoms with Gasteiger partial charge in [0.15, 0.2) is 5.58 Å². The molecular formula is C16H21N3O5S. The molecule has 0 radical (unpaired) electrons. The van der Waals surface area contributed by atoms with Crippen molar-refractivity contribution in [3.05, 3.63) is 34.3 Å². The zero-order valence-corrected chi connectivity index (χ0v) is 15.1. The first-order chi connectivity index (χ1) is 11.8. The van der Waals surface area contributed by atoms with Crippen LogP contribution in [0.4, 0.5) is 0 Å². The van der Waals surface area contributed by atoms with Crippen LogP contribution in [-0.2, 0) is 17.1 Å². The molecule has 1 saturated heterocycles. The summed E-state index contributed by atoms with van der Waals surface area (Å²) >= 11 is 0. The number of sulfonamides is 1. The third-order valence-corrected chi connectivity index (χ3v) is 6.42. The van der Waals surface area contributed by atoms with Gasteiger partial charge in [0.2, 0.25) is 10.0 Å². The molecule has 2 aromatic rings. The summed E-state index contributed by atoms with van der Waals surface area (Å²) in [6, 6.07) is 4.86. The van der Waals surface area contributed by atoms with Crippen LogP contribution in [0.5, 0.6) is 0 Å². The monoisotopic (exact) mass is 367 g/mol. The Hall–Kier alpha value is -2.13. The number of carbonyl (C=O) groups is 1. The third kappa shape index (κ3) is 3.34. The zero-order valence-electron chi connectivity index (χ0n) is 14.3. The fourth-order valence-electron chi connectivity index (χ4n) is 3.00. The number of hydrogen-bond acceptors (Lipinski definition) is 5. The normalized spacial score (nSPS) is 17.0. The van der Waals surface area contributed by atoms with Gasteiger partial charge in [0.05, 0.1) is 11.3 Å². The van der Waals surface area contributed by atoms with E-state index in [-0.39, 0.29) is 11.7 Å². The van der Waals surface area contributed by atoms with E-state index in [1.54, 1.807) is 37.1 Å². The molecule has 0 atom stereocenters. The second-order valence-corrected chi connectivity index (χ2v) is 8.31. The molecule has 1 aliphatic heterocycles. The molecule has 136 valence electrons. The van der Waals surface area contributed by atoms with Gasteiger partial charge in [-0.05, 0) is 31.5 Å². The number of benzene rings is 1. The molecule has 1 aliphatic rings. The van der Waals surface area contributed by atoms with Crippen molar-refractivity contribution < 1.29 is 17.6 Å². The van der Waals surface area contributed by atoms with Crippen molar-refractivity contribution in [1.29, 1.82) is 0 Å². The highest BCUT2D eigenvalue weighted by Gasteiger charge is 2.26. The fourth-order valence-corrected chi connectivity index (χ4v) is 4.13. The summed E-state index contributed by atoms with van der Waals surface area (Å²) < 4.78 is 31.9. The lowest BCUT2D eigenvalue weighted by Gasteiger charge is -2.21. The second kappa shape index (κ2) is 6.64. The lowest BCUT2D eigenvalue weighted by molar-refractivity contribution is 0.0764. The predicted molar refractivity (Wildman–Crippen MR) is 93.0 cm³/mol. The van der Waals surface area contributed by atoms with E-state index in [9.17, 15) is 18.0 Å². The van der Waals surface area contributed by atoms with Gasteiger partial charge in [-0.1, -0.05) is 0 Å². The first-order valence-corrected chi connectivity index (χ1v) is 9.81. The quantitative estimate of drug-likeness (QED) is 0.793. The van der Waals surface area contributed by atoms with E-state index in [2.05, 4.69) is 0 Å². The van der Waals surface area contributed by atoms with Crippen LogP contribution in [0.25, 0.3) is 11.1 Å². The molecule has 0 aliphatic carbocycles. The Balaban J connectivity index is 1.81. The molecule has 2 heterocycles. The Morgan fingerprint density at radius 2 is 1.96 bits per heavy atom. The smallest absolute Gasteiger partial charge is 0.408 e. The molecule has 0 saturated carbocycles. The minimum Gasteiger partial charge on any atom is -0.408 e. The predicted octanol–water partition coefficient (Wildman–Crippen LogP) is 0.629. The topological polar surface area (TPSA) is 92.8 Å². The van der Waals surface area contributed by atoms with Crippen LogP contribution < -0.4 is 5.76 Å². The van der Waals surface area contributed by atoms with Crippen molar-refractivity contribution in [3.63, 3.8) is 0 Å².